The molecule has 0 unspecified atom stereocenters. The van der Waals surface area contributed by atoms with Crippen LogP contribution in [-0.4, -0.2) is 14.2 Å². The molecule has 2 nitrogen and oxygen atoms in total. The molecule has 0 aliphatic heterocycles. The van der Waals surface area contributed by atoms with Crippen molar-refractivity contribution in [1.29, 1.82) is 0 Å². The van der Waals surface area contributed by atoms with Crippen molar-refractivity contribution in [3.05, 3.63) is 35.4 Å². The molecule has 0 amide bonds. The molecule has 0 radical (unpaired) electrons. The highest BCUT2D eigenvalue weighted by molar-refractivity contribution is 7.86. The first-order valence-corrected chi connectivity index (χ1v) is 8.00. The maximum atomic E-state index is 12.2. The highest BCUT2D eigenvalue weighted by atomic mass is 32.3. The summed E-state index contributed by atoms with van der Waals surface area (Å²) in [7, 11) is -4.26. The summed E-state index contributed by atoms with van der Waals surface area (Å²) >= 11 is 0. The average molecular weight is 272 g/mol. The van der Waals surface area contributed by atoms with E-state index >= 15 is 0 Å². The fourth-order valence-electron chi connectivity index (χ4n) is 1.89. The fraction of sp³-hybridized carbons (Fsp3) is 0.571. The molecule has 0 aromatic heterocycles. The van der Waals surface area contributed by atoms with E-state index in [-0.39, 0.29) is 5.75 Å². The van der Waals surface area contributed by atoms with Gasteiger partial charge in [-0.15, -0.1) is 3.89 Å². The van der Waals surface area contributed by atoms with Crippen LogP contribution in [-0.2, 0) is 16.6 Å². The molecule has 4 heteroatoms. The molecule has 0 N–H and O–H groups in total. The number of rotatable bonds is 8. The average Bonchev–Trinajstić information content (AvgIpc) is 2.29. The number of benzene rings is 1. The van der Waals surface area contributed by atoms with Crippen LogP contribution in [0.15, 0.2) is 24.3 Å². The highest BCUT2D eigenvalue weighted by Crippen LogP contribution is 2.10. The quantitative estimate of drug-likeness (QED) is 0.533. The van der Waals surface area contributed by atoms with Gasteiger partial charge in [-0.1, -0.05) is 49.1 Å². The number of hydrogen-bond donors (Lipinski definition) is 0. The van der Waals surface area contributed by atoms with Crippen molar-refractivity contribution >= 4 is 10.2 Å². The van der Waals surface area contributed by atoms with Gasteiger partial charge in [0.25, 0.3) is 0 Å². The maximum Gasteiger partial charge on any atom is 0.302 e. The smallest absolute Gasteiger partial charge is 0.195 e. The maximum absolute atomic E-state index is 12.2. The van der Waals surface area contributed by atoms with Crippen molar-refractivity contribution in [3.8, 4) is 0 Å². The molecule has 1 rings (SSSR count). The van der Waals surface area contributed by atoms with Gasteiger partial charge >= 0.3 is 10.2 Å². The van der Waals surface area contributed by atoms with E-state index in [1.165, 1.54) is 11.1 Å². The summed E-state index contributed by atoms with van der Waals surface area (Å²) in [6.45, 7) is 2.07. The van der Waals surface area contributed by atoms with Crippen LogP contribution in [0.25, 0.3) is 0 Å². The second kappa shape index (κ2) is 7.52. The molecule has 0 atom stereocenters. The van der Waals surface area contributed by atoms with Crippen LogP contribution >= 0.6 is 0 Å². The summed E-state index contributed by atoms with van der Waals surface area (Å²) in [6, 6.07) is 8.51. The Morgan fingerprint density at radius 2 is 1.50 bits per heavy atom. The van der Waals surface area contributed by atoms with Crippen LogP contribution in [0, 0.1) is 6.92 Å². The molecule has 0 fully saturated rings. The van der Waals surface area contributed by atoms with Crippen LogP contribution in [0.3, 0.4) is 0 Å². The van der Waals surface area contributed by atoms with Gasteiger partial charge in [0.15, 0.2) is 0 Å². The third-order valence-electron chi connectivity index (χ3n) is 2.97. The molecule has 1 aromatic carbocycles. The van der Waals surface area contributed by atoms with Crippen molar-refractivity contribution in [2.45, 2.75) is 45.4 Å². The van der Waals surface area contributed by atoms with Crippen LogP contribution in [0.5, 0.6) is 0 Å². The third-order valence-corrected chi connectivity index (χ3v) is 3.75. The second-order valence-corrected chi connectivity index (χ2v) is 6.23. The standard InChI is InChI=1S/C14H21FO2S/c1-13-8-10-14(11-9-13)7-5-3-2-4-6-12-18(15,16)17/h8-11H,2-7,12H2,1H3. The molecule has 0 bridgehead atoms. The van der Waals surface area contributed by atoms with Gasteiger partial charge in [-0.3, -0.25) is 0 Å². The fourth-order valence-corrected chi connectivity index (χ4v) is 2.44. The zero-order valence-electron chi connectivity index (χ0n) is 10.9. The zero-order chi connectivity index (χ0) is 13.4. The van der Waals surface area contributed by atoms with Gasteiger partial charge in [0.1, 0.15) is 0 Å². The Balaban J connectivity index is 2.04. The van der Waals surface area contributed by atoms with Gasteiger partial charge < -0.3 is 0 Å². The van der Waals surface area contributed by atoms with Crippen LogP contribution in [0.1, 0.15) is 43.2 Å². The van der Waals surface area contributed by atoms with E-state index in [1.807, 2.05) is 0 Å². The minimum Gasteiger partial charge on any atom is -0.195 e. The highest BCUT2D eigenvalue weighted by Gasteiger charge is 2.05. The molecule has 0 spiro atoms. The largest absolute Gasteiger partial charge is 0.302 e. The predicted octanol–water partition coefficient (Wildman–Crippen LogP) is 3.79. The van der Waals surface area contributed by atoms with Gasteiger partial charge in [-0.05, 0) is 31.7 Å². The Bertz CT molecular complexity index is 437. The number of unbranched alkanes of at least 4 members (excludes halogenated alkanes) is 4. The molecule has 0 aliphatic carbocycles. The Kier molecular flexibility index (Phi) is 6.33. The van der Waals surface area contributed by atoms with Crippen molar-refractivity contribution in [3.63, 3.8) is 0 Å². The van der Waals surface area contributed by atoms with Crippen molar-refractivity contribution in [2.75, 3.05) is 5.75 Å². The number of aryl methyl sites for hydroxylation is 2. The van der Waals surface area contributed by atoms with E-state index in [4.69, 9.17) is 0 Å². The van der Waals surface area contributed by atoms with E-state index in [0.717, 1.165) is 32.1 Å². The Hall–Kier alpha value is -0.900. The molecule has 0 heterocycles. The van der Waals surface area contributed by atoms with Gasteiger partial charge in [-0.2, -0.15) is 8.42 Å². The lowest BCUT2D eigenvalue weighted by atomic mass is 10.0. The third kappa shape index (κ3) is 7.43. The lowest BCUT2D eigenvalue weighted by Gasteiger charge is -2.02. The van der Waals surface area contributed by atoms with Crippen LogP contribution in [0.2, 0.25) is 0 Å². The van der Waals surface area contributed by atoms with E-state index in [1.54, 1.807) is 0 Å². The first-order chi connectivity index (χ1) is 8.47. The van der Waals surface area contributed by atoms with E-state index in [9.17, 15) is 12.3 Å². The van der Waals surface area contributed by atoms with Gasteiger partial charge in [0.2, 0.25) is 0 Å². The summed E-state index contributed by atoms with van der Waals surface area (Å²) in [5.74, 6) is -0.328. The molecule has 0 aliphatic rings. The molecule has 18 heavy (non-hydrogen) atoms. The predicted molar refractivity (Wildman–Crippen MR) is 72.9 cm³/mol. The first kappa shape index (κ1) is 15.2. The minimum absolute atomic E-state index is 0.328. The summed E-state index contributed by atoms with van der Waals surface area (Å²) < 4.78 is 32.7. The van der Waals surface area contributed by atoms with Crippen LogP contribution < -0.4 is 0 Å². The normalized spacial score (nSPS) is 11.7. The van der Waals surface area contributed by atoms with Gasteiger partial charge in [0.05, 0.1) is 5.75 Å². The molecule has 102 valence electrons. The first-order valence-electron chi connectivity index (χ1n) is 6.45. The number of hydrogen-bond acceptors (Lipinski definition) is 2. The number of halogens is 1. The van der Waals surface area contributed by atoms with Gasteiger partial charge in [0, 0.05) is 0 Å². The molecular weight excluding hydrogens is 251 g/mol. The molecule has 0 saturated heterocycles. The van der Waals surface area contributed by atoms with Crippen molar-refractivity contribution in [2.24, 2.45) is 0 Å². The van der Waals surface area contributed by atoms with E-state index in [0.29, 0.717) is 6.42 Å². The molecule has 0 saturated carbocycles. The van der Waals surface area contributed by atoms with Crippen molar-refractivity contribution in [1.82, 2.24) is 0 Å². The SMILES string of the molecule is Cc1ccc(CCCCCCCS(=O)(=O)F)cc1. The van der Waals surface area contributed by atoms with Crippen molar-refractivity contribution < 1.29 is 12.3 Å². The van der Waals surface area contributed by atoms with Gasteiger partial charge in [-0.25, -0.2) is 0 Å². The molecule has 1 aromatic rings. The second-order valence-electron chi connectivity index (χ2n) is 4.75. The van der Waals surface area contributed by atoms with Crippen LogP contribution in [0.4, 0.5) is 3.89 Å². The minimum atomic E-state index is -4.26. The summed E-state index contributed by atoms with van der Waals surface area (Å²) in [6.07, 6.45) is 5.43. The monoisotopic (exact) mass is 272 g/mol. The Morgan fingerprint density at radius 1 is 0.944 bits per heavy atom. The zero-order valence-corrected chi connectivity index (χ0v) is 11.7. The Morgan fingerprint density at radius 3 is 2.11 bits per heavy atom. The molecular formula is C14H21FO2S. The Labute approximate surface area is 109 Å². The topological polar surface area (TPSA) is 34.1 Å². The summed E-state index contributed by atoms with van der Waals surface area (Å²) in [4.78, 5) is 0. The lowest BCUT2D eigenvalue weighted by Crippen LogP contribution is -1.97. The summed E-state index contributed by atoms with van der Waals surface area (Å²) in [5, 5.41) is 0. The summed E-state index contributed by atoms with van der Waals surface area (Å²) in [5.41, 5.74) is 2.61. The lowest BCUT2D eigenvalue weighted by molar-refractivity contribution is 0.544. The van der Waals surface area contributed by atoms with E-state index in [2.05, 4.69) is 31.2 Å². The van der Waals surface area contributed by atoms with E-state index < -0.39 is 10.2 Å².